The number of ether oxygens (including phenoxy) is 2. The number of alkyl halides is 3. The lowest BCUT2D eigenvalue weighted by Crippen LogP contribution is -2.43. The first-order chi connectivity index (χ1) is 27.3. The third-order valence-corrected chi connectivity index (χ3v) is 9.71. The van der Waals surface area contributed by atoms with Gasteiger partial charge in [0.25, 0.3) is 11.8 Å². The Labute approximate surface area is 337 Å². The molecule has 2 aliphatic rings. The highest BCUT2D eigenvalue weighted by molar-refractivity contribution is 6.36. The predicted octanol–water partition coefficient (Wildman–Crippen LogP) is 6.25. The summed E-state index contributed by atoms with van der Waals surface area (Å²) in [6, 6.07) is 10.3. The van der Waals surface area contributed by atoms with Crippen LogP contribution in [0.2, 0.25) is 5.02 Å². The summed E-state index contributed by atoms with van der Waals surface area (Å²) < 4.78 is 49.1. The van der Waals surface area contributed by atoms with Gasteiger partial charge in [0.05, 0.1) is 5.54 Å². The second kappa shape index (κ2) is 18.4. The Bertz CT molecular complexity index is 1970. The van der Waals surface area contributed by atoms with Crippen molar-refractivity contribution in [2.24, 2.45) is 5.92 Å². The lowest BCUT2D eigenvalue weighted by atomic mass is 9.84. The number of amides is 2. The van der Waals surface area contributed by atoms with E-state index in [9.17, 15) is 42.3 Å². The molecule has 1 aromatic heterocycles. The summed E-state index contributed by atoms with van der Waals surface area (Å²) in [6.07, 6.45) is -1.26. The van der Waals surface area contributed by atoms with Crippen LogP contribution < -0.4 is 26.0 Å². The van der Waals surface area contributed by atoms with Crippen LogP contribution in [0.15, 0.2) is 48.5 Å². The molecular formula is C39H45ClF3N7O8. The Hall–Kier alpha value is -5.52. The fourth-order valence-electron chi connectivity index (χ4n) is 6.39. The van der Waals surface area contributed by atoms with Crippen molar-refractivity contribution in [2.75, 3.05) is 17.2 Å². The molecule has 19 heteroatoms. The fourth-order valence-corrected chi connectivity index (χ4v) is 6.52. The number of carboxylic acid groups (broad SMARTS) is 1. The van der Waals surface area contributed by atoms with Gasteiger partial charge in [0.1, 0.15) is 11.6 Å². The van der Waals surface area contributed by atoms with Gasteiger partial charge in [-0.25, -0.2) is 4.79 Å². The van der Waals surface area contributed by atoms with E-state index in [1.807, 2.05) is 12.1 Å². The van der Waals surface area contributed by atoms with Gasteiger partial charge in [-0.15, -0.1) is 0 Å². The van der Waals surface area contributed by atoms with Gasteiger partial charge in [-0.3, -0.25) is 19.2 Å². The Morgan fingerprint density at radius 1 is 0.914 bits per heavy atom. The maximum atomic E-state index is 13.0. The van der Waals surface area contributed by atoms with E-state index in [2.05, 4.69) is 36.2 Å². The summed E-state index contributed by atoms with van der Waals surface area (Å²) >= 11 is 6.03. The molecule has 2 amide bonds. The van der Waals surface area contributed by atoms with Crippen LogP contribution in [0.5, 0.6) is 6.01 Å². The van der Waals surface area contributed by atoms with Crippen molar-refractivity contribution >= 4 is 58.7 Å². The molecule has 5 rings (SSSR count). The van der Waals surface area contributed by atoms with Crippen molar-refractivity contribution < 1.29 is 51.7 Å². The molecule has 2 aliphatic carbocycles. The molecule has 0 aliphatic heterocycles. The molecule has 0 saturated heterocycles. The molecular weight excluding hydrogens is 787 g/mol. The highest BCUT2D eigenvalue weighted by Gasteiger charge is 2.45. The van der Waals surface area contributed by atoms with Crippen molar-refractivity contribution in [3.8, 4) is 6.01 Å². The van der Waals surface area contributed by atoms with E-state index in [-0.39, 0.29) is 48.2 Å². The molecule has 2 saturated carbocycles. The third-order valence-electron chi connectivity index (χ3n) is 9.46. The first-order valence-electron chi connectivity index (χ1n) is 18.7. The topological polar surface area (TPSA) is 211 Å². The van der Waals surface area contributed by atoms with Crippen LogP contribution in [0.1, 0.15) is 94.5 Å². The molecule has 1 atom stereocenters. The van der Waals surface area contributed by atoms with Gasteiger partial charge in [0.2, 0.25) is 17.7 Å². The second-order valence-electron chi connectivity index (χ2n) is 15.4. The number of rotatable bonds is 17. The first kappa shape index (κ1) is 43.6. The van der Waals surface area contributed by atoms with Gasteiger partial charge in [-0.05, 0) is 114 Å². The summed E-state index contributed by atoms with van der Waals surface area (Å²) in [7, 11) is 0. The zero-order chi connectivity index (χ0) is 42.3. The molecule has 58 heavy (non-hydrogen) atoms. The number of hydrogen-bond acceptors (Lipinski definition) is 12. The quantitative estimate of drug-likeness (QED) is 0.0753. The van der Waals surface area contributed by atoms with Crippen molar-refractivity contribution in [1.82, 2.24) is 25.6 Å². The average molecular weight is 832 g/mol. The molecule has 3 aromatic rings. The molecule has 0 spiro atoms. The van der Waals surface area contributed by atoms with Crippen LogP contribution in [0, 0.1) is 5.92 Å². The molecule has 2 aromatic carbocycles. The smallest absolute Gasteiger partial charge is 0.422 e. The van der Waals surface area contributed by atoms with Gasteiger partial charge >= 0.3 is 24.1 Å². The van der Waals surface area contributed by atoms with E-state index < -0.39 is 66.0 Å². The van der Waals surface area contributed by atoms with Crippen LogP contribution in [-0.2, 0) is 29.5 Å². The number of carbonyl (C=O) groups is 5. The second-order valence-corrected chi connectivity index (χ2v) is 15.8. The van der Waals surface area contributed by atoms with Crippen LogP contribution in [-0.4, -0.2) is 80.1 Å². The summed E-state index contributed by atoms with van der Waals surface area (Å²) in [6.45, 7) is 3.76. The number of anilines is 3. The average Bonchev–Trinajstić information content (AvgIpc) is 3.92. The number of aromatic nitrogens is 3. The van der Waals surface area contributed by atoms with E-state index in [0.29, 0.717) is 49.2 Å². The summed E-state index contributed by atoms with van der Waals surface area (Å²) in [5.74, 6) is -4.23. The number of carbonyl (C=O) groups excluding carboxylic acids is 4. The van der Waals surface area contributed by atoms with Crippen LogP contribution >= 0.6 is 11.6 Å². The zero-order valence-electron chi connectivity index (χ0n) is 32.1. The number of carboxylic acids is 1. The Morgan fingerprint density at radius 2 is 1.55 bits per heavy atom. The summed E-state index contributed by atoms with van der Waals surface area (Å²) in [5, 5.41) is 21.4. The molecule has 2 fully saturated rings. The van der Waals surface area contributed by atoms with Gasteiger partial charge in [0.15, 0.2) is 6.61 Å². The molecule has 5 N–H and O–H groups in total. The van der Waals surface area contributed by atoms with Crippen molar-refractivity contribution in [1.29, 1.82) is 0 Å². The van der Waals surface area contributed by atoms with Crippen molar-refractivity contribution in [2.45, 2.75) is 108 Å². The first-order valence-corrected chi connectivity index (χ1v) is 19.1. The van der Waals surface area contributed by atoms with Gasteiger partial charge in [-0.2, -0.15) is 28.1 Å². The zero-order valence-corrected chi connectivity index (χ0v) is 32.8. The number of esters is 1. The van der Waals surface area contributed by atoms with E-state index in [4.69, 9.17) is 21.1 Å². The predicted molar refractivity (Wildman–Crippen MR) is 205 cm³/mol. The fraction of sp³-hybridized carbons (Fsp3) is 0.487. The number of benzene rings is 2. The van der Waals surface area contributed by atoms with E-state index in [1.165, 1.54) is 24.3 Å². The number of Topliss-reactive ketones (excluding diaryl/α,β-unsaturated/α-hetero) is 1. The van der Waals surface area contributed by atoms with Crippen LogP contribution in [0.4, 0.5) is 30.8 Å². The minimum absolute atomic E-state index is 0.0481. The summed E-state index contributed by atoms with van der Waals surface area (Å²) in [5.41, 5.74) is 0.0999. The summed E-state index contributed by atoms with van der Waals surface area (Å²) in [4.78, 5) is 74.7. The number of nitrogens with zero attached hydrogens (tertiary/aromatic N) is 3. The maximum Gasteiger partial charge on any atom is 0.422 e. The van der Waals surface area contributed by atoms with Crippen molar-refractivity contribution in [3.63, 3.8) is 0 Å². The number of nitrogens with one attached hydrogen (secondary N) is 4. The molecule has 312 valence electrons. The van der Waals surface area contributed by atoms with Crippen molar-refractivity contribution in [3.05, 3.63) is 64.7 Å². The number of halogens is 4. The minimum Gasteiger partial charge on any atom is -0.480 e. The molecule has 0 bridgehead atoms. The highest BCUT2D eigenvalue weighted by atomic mass is 35.5. The highest BCUT2D eigenvalue weighted by Crippen LogP contribution is 2.48. The molecule has 1 heterocycles. The molecule has 0 radical (unpaired) electrons. The van der Waals surface area contributed by atoms with Gasteiger partial charge in [0, 0.05) is 35.2 Å². The van der Waals surface area contributed by atoms with E-state index >= 15 is 0 Å². The Kier molecular flexibility index (Phi) is 13.8. The van der Waals surface area contributed by atoms with Gasteiger partial charge in [-0.1, -0.05) is 23.7 Å². The Morgan fingerprint density at radius 3 is 2.14 bits per heavy atom. The Balaban J connectivity index is 1.13. The van der Waals surface area contributed by atoms with E-state index in [1.54, 1.807) is 32.9 Å². The lowest BCUT2D eigenvalue weighted by Gasteiger charge is -2.29. The van der Waals surface area contributed by atoms with Crippen LogP contribution in [0.3, 0.4) is 0 Å². The van der Waals surface area contributed by atoms with Gasteiger partial charge < -0.3 is 35.8 Å². The SMILES string of the molecule is CC(C)(C)OC(=O)CC1CCC(NC(=O)C(=O)CC[C@H](NC(=O)c2ccc(Nc3nc(NC4(c5ccc(Cl)cc5)CC4)nc(OCC(F)(F)F)n3)cc2)C(=O)O)CC1. The van der Waals surface area contributed by atoms with E-state index in [0.717, 1.165) is 5.56 Å². The third kappa shape index (κ3) is 13.3. The number of ketones is 1. The van der Waals surface area contributed by atoms with Crippen LogP contribution in [0.25, 0.3) is 0 Å². The standard InChI is InChI=1S/C39H45ClF3N7O8/c1-37(2,3)58-30(52)20-22-4-12-26(13-5-22)44-32(54)29(51)17-16-28(33(55)56)46-31(53)23-6-14-27(15-7-23)45-34-47-35(49-36(48-34)57-21-39(41,42)43)50-38(18-19-38)24-8-10-25(40)11-9-24/h6-11,14-15,22,26,28H,4-5,12-13,16-21H2,1-3H3,(H,44,54)(H,46,53)(H,55,56)(H2,45,47,48,49,50)/t22?,26?,28-/m0/s1. The maximum absolute atomic E-state index is 13.0. The number of hydrogen-bond donors (Lipinski definition) is 5. The molecule has 0 unspecified atom stereocenters. The number of aliphatic carboxylic acids is 1. The normalized spacial score (nSPS) is 17.9. The largest absolute Gasteiger partial charge is 0.480 e. The molecule has 15 nitrogen and oxygen atoms in total. The lowest BCUT2D eigenvalue weighted by molar-refractivity contribution is -0.156. The monoisotopic (exact) mass is 831 g/mol. The minimum atomic E-state index is -4.65.